The molecule has 1 aliphatic carbocycles. The van der Waals surface area contributed by atoms with Gasteiger partial charge in [0, 0.05) is 12.6 Å². The van der Waals surface area contributed by atoms with Gasteiger partial charge in [0.05, 0.1) is 12.1 Å². The van der Waals surface area contributed by atoms with Gasteiger partial charge in [-0.05, 0) is 32.6 Å². The lowest BCUT2D eigenvalue weighted by atomic mass is 9.72. The molecule has 1 saturated carbocycles. The summed E-state index contributed by atoms with van der Waals surface area (Å²) in [5.41, 5.74) is 6.21. The highest BCUT2D eigenvalue weighted by Gasteiger charge is 2.47. The molecule has 2 rings (SSSR count). The van der Waals surface area contributed by atoms with Crippen LogP contribution in [0.25, 0.3) is 0 Å². The quantitative estimate of drug-likeness (QED) is 0.765. The van der Waals surface area contributed by atoms with Crippen molar-refractivity contribution in [2.24, 2.45) is 5.73 Å². The summed E-state index contributed by atoms with van der Waals surface area (Å²) in [7, 11) is 0. The SMILES string of the molecule is CCOC(=O)N1CCCC(N)C12CCCCC2. The van der Waals surface area contributed by atoms with E-state index >= 15 is 0 Å². The van der Waals surface area contributed by atoms with Crippen LogP contribution in [-0.2, 0) is 4.74 Å². The summed E-state index contributed by atoms with van der Waals surface area (Å²) < 4.78 is 5.19. The van der Waals surface area contributed by atoms with Gasteiger partial charge in [-0.15, -0.1) is 0 Å². The Hall–Kier alpha value is -0.770. The molecular weight excluding hydrogens is 216 g/mol. The Morgan fingerprint density at radius 3 is 2.71 bits per heavy atom. The summed E-state index contributed by atoms with van der Waals surface area (Å²) in [6.07, 6.45) is 7.61. The van der Waals surface area contributed by atoms with Gasteiger partial charge in [0.1, 0.15) is 0 Å². The van der Waals surface area contributed by atoms with Crippen LogP contribution in [0.1, 0.15) is 51.9 Å². The molecule has 1 aliphatic heterocycles. The maximum Gasteiger partial charge on any atom is 0.410 e. The van der Waals surface area contributed by atoms with E-state index in [9.17, 15) is 4.79 Å². The molecule has 2 aliphatic rings. The second-order valence-electron chi connectivity index (χ2n) is 5.26. The number of rotatable bonds is 1. The molecule has 1 saturated heterocycles. The van der Waals surface area contributed by atoms with Gasteiger partial charge >= 0.3 is 6.09 Å². The molecule has 0 radical (unpaired) electrons. The molecule has 0 aromatic heterocycles. The first-order valence-corrected chi connectivity index (χ1v) is 6.90. The fraction of sp³-hybridized carbons (Fsp3) is 0.923. The molecule has 1 atom stereocenters. The Bertz CT molecular complexity index is 275. The minimum atomic E-state index is -0.162. The predicted molar refractivity (Wildman–Crippen MR) is 66.8 cm³/mol. The highest BCUT2D eigenvalue weighted by molar-refractivity contribution is 5.69. The summed E-state index contributed by atoms with van der Waals surface area (Å²) in [4.78, 5) is 14.0. The molecule has 4 nitrogen and oxygen atoms in total. The lowest BCUT2D eigenvalue weighted by Gasteiger charge is -2.52. The van der Waals surface area contributed by atoms with Crippen LogP contribution in [0.4, 0.5) is 4.79 Å². The van der Waals surface area contributed by atoms with Crippen LogP contribution in [0, 0.1) is 0 Å². The van der Waals surface area contributed by atoms with Gasteiger partial charge in [-0.1, -0.05) is 19.3 Å². The monoisotopic (exact) mass is 240 g/mol. The van der Waals surface area contributed by atoms with Gasteiger partial charge in [0.2, 0.25) is 0 Å². The van der Waals surface area contributed by atoms with Gasteiger partial charge in [-0.3, -0.25) is 0 Å². The molecule has 1 amide bonds. The number of ether oxygens (including phenoxy) is 1. The minimum absolute atomic E-state index is 0.108. The third kappa shape index (κ3) is 2.28. The number of amides is 1. The number of nitrogens with zero attached hydrogens (tertiary/aromatic N) is 1. The zero-order valence-electron chi connectivity index (χ0n) is 10.8. The molecule has 1 unspecified atom stereocenters. The fourth-order valence-electron chi connectivity index (χ4n) is 3.44. The number of carbonyl (C=O) groups excluding carboxylic acids is 1. The van der Waals surface area contributed by atoms with E-state index in [4.69, 9.17) is 10.5 Å². The van der Waals surface area contributed by atoms with Crippen LogP contribution < -0.4 is 5.73 Å². The highest BCUT2D eigenvalue weighted by Crippen LogP contribution is 2.40. The summed E-state index contributed by atoms with van der Waals surface area (Å²) in [5.74, 6) is 0. The number of piperidine rings is 1. The Kier molecular flexibility index (Phi) is 3.92. The molecule has 1 heterocycles. The molecule has 4 heteroatoms. The van der Waals surface area contributed by atoms with Crippen molar-refractivity contribution in [1.29, 1.82) is 0 Å². The molecule has 0 aromatic carbocycles. The van der Waals surface area contributed by atoms with Crippen molar-refractivity contribution in [3.8, 4) is 0 Å². The molecule has 1 spiro atoms. The molecule has 2 fully saturated rings. The number of likely N-dealkylation sites (tertiary alicyclic amines) is 1. The standard InChI is InChI=1S/C13H24N2O2/c1-2-17-12(16)15-10-6-7-11(14)13(15)8-4-3-5-9-13/h11H,2-10,14H2,1H3. The first-order chi connectivity index (χ1) is 8.20. The molecule has 0 bridgehead atoms. The fourth-order valence-corrected chi connectivity index (χ4v) is 3.44. The van der Waals surface area contributed by atoms with Gasteiger partial charge < -0.3 is 15.4 Å². The average Bonchev–Trinajstić information content (AvgIpc) is 2.34. The average molecular weight is 240 g/mol. The maximum absolute atomic E-state index is 12.1. The zero-order chi connectivity index (χ0) is 12.3. The number of hydrogen-bond acceptors (Lipinski definition) is 3. The van der Waals surface area contributed by atoms with Crippen LogP contribution >= 0.6 is 0 Å². The largest absolute Gasteiger partial charge is 0.450 e. The Balaban J connectivity index is 2.17. The predicted octanol–water partition coefficient (Wildman–Crippen LogP) is 2.27. The van der Waals surface area contributed by atoms with Crippen molar-refractivity contribution >= 4 is 6.09 Å². The topological polar surface area (TPSA) is 55.6 Å². The third-order valence-corrected chi connectivity index (χ3v) is 4.33. The van der Waals surface area contributed by atoms with Crippen molar-refractivity contribution in [1.82, 2.24) is 4.90 Å². The van der Waals surface area contributed by atoms with E-state index in [1.54, 1.807) is 0 Å². The van der Waals surface area contributed by atoms with Crippen molar-refractivity contribution in [3.05, 3.63) is 0 Å². The zero-order valence-corrected chi connectivity index (χ0v) is 10.8. The van der Waals surface area contributed by atoms with Crippen molar-refractivity contribution in [2.45, 2.75) is 63.5 Å². The van der Waals surface area contributed by atoms with Crippen molar-refractivity contribution in [2.75, 3.05) is 13.2 Å². The van der Waals surface area contributed by atoms with Crippen molar-refractivity contribution < 1.29 is 9.53 Å². The van der Waals surface area contributed by atoms with E-state index in [1.807, 2.05) is 11.8 Å². The first kappa shape index (κ1) is 12.7. The lowest BCUT2D eigenvalue weighted by Crippen LogP contribution is -2.65. The van der Waals surface area contributed by atoms with Crippen molar-refractivity contribution in [3.63, 3.8) is 0 Å². The summed E-state index contributed by atoms with van der Waals surface area (Å²) in [5, 5.41) is 0. The number of nitrogens with two attached hydrogens (primary N) is 1. The van der Waals surface area contributed by atoms with E-state index < -0.39 is 0 Å². The molecule has 0 aromatic rings. The van der Waals surface area contributed by atoms with Gasteiger partial charge in [-0.2, -0.15) is 0 Å². The highest BCUT2D eigenvalue weighted by atomic mass is 16.6. The van der Waals surface area contributed by atoms with E-state index in [1.165, 1.54) is 19.3 Å². The normalized spacial score (nSPS) is 28.1. The summed E-state index contributed by atoms with van der Waals surface area (Å²) >= 11 is 0. The smallest absolute Gasteiger partial charge is 0.410 e. The second-order valence-corrected chi connectivity index (χ2v) is 5.26. The van der Waals surface area contributed by atoms with Crippen LogP contribution in [0.5, 0.6) is 0 Å². The first-order valence-electron chi connectivity index (χ1n) is 6.90. The van der Waals surface area contributed by atoms with Crippen LogP contribution in [-0.4, -0.2) is 35.7 Å². The Morgan fingerprint density at radius 1 is 1.35 bits per heavy atom. The number of carbonyl (C=O) groups is 1. The minimum Gasteiger partial charge on any atom is -0.450 e. The maximum atomic E-state index is 12.1. The Labute approximate surface area is 103 Å². The van der Waals surface area contributed by atoms with Crippen LogP contribution in [0.15, 0.2) is 0 Å². The summed E-state index contributed by atoms with van der Waals surface area (Å²) in [6, 6.07) is 0.126. The molecular formula is C13H24N2O2. The van der Waals surface area contributed by atoms with Crippen LogP contribution in [0.2, 0.25) is 0 Å². The van der Waals surface area contributed by atoms with Gasteiger partial charge in [-0.25, -0.2) is 4.79 Å². The Morgan fingerprint density at radius 2 is 2.06 bits per heavy atom. The third-order valence-electron chi connectivity index (χ3n) is 4.33. The number of hydrogen-bond donors (Lipinski definition) is 1. The van der Waals surface area contributed by atoms with Gasteiger partial charge in [0.25, 0.3) is 0 Å². The van der Waals surface area contributed by atoms with E-state index in [0.29, 0.717) is 6.61 Å². The van der Waals surface area contributed by atoms with Crippen LogP contribution in [0.3, 0.4) is 0 Å². The van der Waals surface area contributed by atoms with E-state index in [-0.39, 0.29) is 17.7 Å². The molecule has 17 heavy (non-hydrogen) atoms. The van der Waals surface area contributed by atoms with E-state index in [0.717, 1.165) is 32.2 Å². The van der Waals surface area contributed by atoms with Gasteiger partial charge in [0.15, 0.2) is 0 Å². The second kappa shape index (κ2) is 5.25. The summed E-state index contributed by atoms with van der Waals surface area (Å²) in [6.45, 7) is 3.11. The molecule has 2 N–H and O–H groups in total. The van der Waals surface area contributed by atoms with E-state index in [2.05, 4.69) is 0 Å². The molecule has 98 valence electrons. The lowest BCUT2D eigenvalue weighted by molar-refractivity contribution is -0.00373.